The number of carbonyl (C=O) groups excluding carboxylic acids is 3. The van der Waals surface area contributed by atoms with Crippen LogP contribution in [0.2, 0.25) is 0 Å². The van der Waals surface area contributed by atoms with E-state index in [9.17, 15) is 24.6 Å². The van der Waals surface area contributed by atoms with Gasteiger partial charge in [-0.15, -0.1) is 0 Å². The number of amides is 2. The average molecular weight is 559 g/mol. The quantitative estimate of drug-likeness (QED) is 0.341. The van der Waals surface area contributed by atoms with Crippen molar-refractivity contribution >= 4 is 17.6 Å². The molecule has 3 aliphatic carbocycles. The second-order valence-corrected chi connectivity index (χ2v) is 12.2. The topological polar surface area (TPSA) is 116 Å². The minimum atomic E-state index is -1.48. The highest BCUT2D eigenvalue weighted by atomic mass is 16.3. The number of aromatic hydroxyl groups is 1. The maximum Gasteiger partial charge on any atom is 0.252 e. The predicted octanol–water partition coefficient (Wildman–Crippen LogP) is 5.13. The van der Waals surface area contributed by atoms with Gasteiger partial charge in [0.05, 0.1) is 12.0 Å². The summed E-state index contributed by atoms with van der Waals surface area (Å²) in [5.41, 5.74) is 2.32. The van der Waals surface area contributed by atoms with E-state index in [1.54, 1.807) is 19.1 Å². The lowest BCUT2D eigenvalue weighted by molar-refractivity contribution is -0.140. The van der Waals surface area contributed by atoms with Crippen LogP contribution < -0.4 is 10.6 Å². The molecule has 4 atom stereocenters. The minimum absolute atomic E-state index is 0.00337. The molecule has 0 radical (unpaired) electrons. The van der Waals surface area contributed by atoms with E-state index in [0.717, 1.165) is 69.0 Å². The summed E-state index contributed by atoms with van der Waals surface area (Å²) in [5.74, 6) is -2.03. The Kier molecular flexibility index (Phi) is 8.93. The Balaban J connectivity index is 1.40. The molecule has 4 unspecified atom stereocenters. The summed E-state index contributed by atoms with van der Waals surface area (Å²) in [4.78, 5) is 41.3. The summed E-state index contributed by atoms with van der Waals surface area (Å²) >= 11 is 0. The molecule has 2 aromatic carbocycles. The van der Waals surface area contributed by atoms with E-state index in [-0.39, 0.29) is 34.8 Å². The van der Waals surface area contributed by atoms with E-state index >= 15 is 0 Å². The van der Waals surface area contributed by atoms with E-state index < -0.39 is 29.9 Å². The molecule has 0 heterocycles. The maximum absolute atomic E-state index is 14.1. The van der Waals surface area contributed by atoms with Crippen LogP contribution in [0.15, 0.2) is 60.3 Å². The lowest BCUT2D eigenvalue weighted by atomic mass is 9.71. The predicted molar refractivity (Wildman–Crippen MR) is 157 cm³/mol. The molecule has 2 saturated carbocycles. The average Bonchev–Trinajstić information content (AvgIpc) is 3.61. The number of aliphatic hydroxyl groups excluding tert-OH is 1. The second-order valence-electron chi connectivity index (χ2n) is 12.2. The van der Waals surface area contributed by atoms with Gasteiger partial charge in [-0.3, -0.25) is 14.4 Å². The molecule has 0 aromatic heterocycles. The van der Waals surface area contributed by atoms with Crippen LogP contribution in [0.5, 0.6) is 5.75 Å². The Labute approximate surface area is 242 Å². The van der Waals surface area contributed by atoms with Gasteiger partial charge in [-0.2, -0.15) is 0 Å². The van der Waals surface area contributed by atoms with E-state index in [0.29, 0.717) is 12.0 Å². The number of hydrogen-bond acceptors (Lipinski definition) is 5. The van der Waals surface area contributed by atoms with Gasteiger partial charge in [-0.1, -0.05) is 55.3 Å². The van der Waals surface area contributed by atoms with Crippen molar-refractivity contribution in [1.29, 1.82) is 0 Å². The molecule has 3 aliphatic rings. The Bertz CT molecular complexity index is 1300. The Morgan fingerprint density at radius 2 is 1.73 bits per heavy atom. The highest BCUT2D eigenvalue weighted by Gasteiger charge is 2.56. The van der Waals surface area contributed by atoms with Crippen molar-refractivity contribution in [1.82, 2.24) is 10.6 Å². The summed E-state index contributed by atoms with van der Waals surface area (Å²) in [7, 11) is 0. The van der Waals surface area contributed by atoms with Gasteiger partial charge in [0.25, 0.3) is 5.91 Å². The van der Waals surface area contributed by atoms with Crippen LogP contribution in [0.1, 0.15) is 85.7 Å². The standard InChI is InChI=1S/C34H42N2O5/c1-22-25(15-10-16-28(22)37)32(40)36-27(21-23-11-4-2-5-12-23)31(39)30(38)26-17-20-34(18-8-9-19-34)29(26)33(41)35-24-13-6-3-7-14-24/h2,4-5,10-13,15-16,26-27,29,31,37,39H,3,6-9,14,17-21H2,1H3,(H,35,41)(H,36,40). The number of ketones is 1. The summed E-state index contributed by atoms with van der Waals surface area (Å²) in [5, 5.41) is 27.8. The van der Waals surface area contributed by atoms with E-state index in [1.165, 1.54) is 6.07 Å². The molecule has 218 valence electrons. The zero-order valence-corrected chi connectivity index (χ0v) is 23.9. The van der Waals surface area contributed by atoms with Crippen molar-refractivity contribution in [3.63, 3.8) is 0 Å². The summed E-state index contributed by atoms with van der Waals surface area (Å²) in [6, 6.07) is 13.3. The fraction of sp³-hybridized carbons (Fsp3) is 0.500. The molecule has 2 aromatic rings. The number of phenols is 1. The lowest BCUT2D eigenvalue weighted by Gasteiger charge is -2.34. The first-order valence-corrected chi connectivity index (χ1v) is 15.1. The maximum atomic E-state index is 14.1. The third-order valence-corrected chi connectivity index (χ3v) is 9.67. The third-order valence-electron chi connectivity index (χ3n) is 9.67. The van der Waals surface area contributed by atoms with Crippen LogP contribution in [-0.2, 0) is 16.0 Å². The summed E-state index contributed by atoms with van der Waals surface area (Å²) in [6.07, 6.45) is 10.1. The first-order valence-electron chi connectivity index (χ1n) is 15.1. The molecular weight excluding hydrogens is 516 g/mol. The van der Waals surface area contributed by atoms with Gasteiger partial charge in [0.2, 0.25) is 5.91 Å². The van der Waals surface area contributed by atoms with Crippen LogP contribution >= 0.6 is 0 Å². The van der Waals surface area contributed by atoms with E-state index in [4.69, 9.17) is 0 Å². The minimum Gasteiger partial charge on any atom is -0.508 e. The number of hydrogen-bond donors (Lipinski definition) is 4. The smallest absolute Gasteiger partial charge is 0.252 e. The zero-order chi connectivity index (χ0) is 29.0. The molecule has 5 rings (SSSR count). The number of Topliss-reactive ketones (excluding diaryl/α,β-unsaturated/α-hetero) is 1. The molecule has 7 heteroatoms. The van der Waals surface area contributed by atoms with Crippen LogP contribution in [-0.4, -0.2) is 40.0 Å². The molecule has 0 saturated heterocycles. The van der Waals surface area contributed by atoms with Gasteiger partial charge in [0.15, 0.2) is 5.78 Å². The number of allylic oxidation sites excluding steroid dienone is 2. The molecule has 2 fully saturated rings. The van der Waals surface area contributed by atoms with Crippen LogP contribution in [0, 0.1) is 24.2 Å². The highest BCUT2D eigenvalue weighted by molar-refractivity contribution is 5.98. The number of aliphatic hydroxyl groups is 1. The summed E-state index contributed by atoms with van der Waals surface area (Å²) < 4.78 is 0. The fourth-order valence-electron chi connectivity index (χ4n) is 7.43. The fourth-order valence-corrected chi connectivity index (χ4v) is 7.43. The van der Waals surface area contributed by atoms with Crippen molar-refractivity contribution in [3.8, 4) is 5.75 Å². The van der Waals surface area contributed by atoms with Gasteiger partial charge in [0.1, 0.15) is 11.9 Å². The van der Waals surface area contributed by atoms with E-state index in [1.807, 2.05) is 30.3 Å². The molecule has 7 nitrogen and oxygen atoms in total. The Hall–Kier alpha value is -3.45. The Morgan fingerprint density at radius 1 is 0.976 bits per heavy atom. The monoisotopic (exact) mass is 558 g/mol. The van der Waals surface area contributed by atoms with Crippen molar-refractivity contribution in [2.75, 3.05) is 0 Å². The lowest BCUT2D eigenvalue weighted by Crippen LogP contribution is -2.52. The third kappa shape index (κ3) is 6.25. The number of carbonyl (C=O) groups is 3. The summed E-state index contributed by atoms with van der Waals surface area (Å²) in [6.45, 7) is 1.66. The van der Waals surface area contributed by atoms with Crippen LogP contribution in [0.3, 0.4) is 0 Å². The van der Waals surface area contributed by atoms with Crippen molar-refractivity contribution in [2.24, 2.45) is 17.3 Å². The van der Waals surface area contributed by atoms with Crippen molar-refractivity contribution in [3.05, 3.63) is 77.0 Å². The second kappa shape index (κ2) is 12.6. The normalized spacial score (nSPS) is 23.0. The number of phenolic OH excluding ortho intramolecular Hbond substituents is 1. The van der Waals surface area contributed by atoms with Gasteiger partial charge in [0, 0.05) is 22.7 Å². The zero-order valence-electron chi connectivity index (χ0n) is 23.9. The molecule has 4 N–H and O–H groups in total. The van der Waals surface area contributed by atoms with Gasteiger partial charge >= 0.3 is 0 Å². The Morgan fingerprint density at radius 3 is 2.44 bits per heavy atom. The number of rotatable bonds is 9. The van der Waals surface area contributed by atoms with Crippen molar-refractivity contribution in [2.45, 2.75) is 89.7 Å². The molecular formula is C34H42N2O5. The van der Waals surface area contributed by atoms with Gasteiger partial charge < -0.3 is 20.8 Å². The van der Waals surface area contributed by atoms with Crippen LogP contribution in [0.25, 0.3) is 0 Å². The molecule has 1 spiro atoms. The highest BCUT2D eigenvalue weighted by Crippen LogP contribution is 2.57. The van der Waals surface area contributed by atoms with Gasteiger partial charge in [-0.05, 0) is 87.8 Å². The molecule has 0 aliphatic heterocycles. The molecule has 41 heavy (non-hydrogen) atoms. The molecule has 0 bridgehead atoms. The largest absolute Gasteiger partial charge is 0.508 e. The van der Waals surface area contributed by atoms with Crippen LogP contribution in [0.4, 0.5) is 0 Å². The number of nitrogens with one attached hydrogen (secondary N) is 2. The van der Waals surface area contributed by atoms with Crippen molar-refractivity contribution < 1.29 is 24.6 Å². The van der Waals surface area contributed by atoms with Gasteiger partial charge in [-0.25, -0.2) is 0 Å². The number of benzene rings is 2. The van der Waals surface area contributed by atoms with E-state index in [2.05, 4.69) is 16.7 Å². The SMILES string of the molecule is Cc1c(O)cccc1C(=O)NC(Cc1ccccc1)C(O)C(=O)C1CCC2(CCCC2)C1C(=O)NC1=CCCCC1. The molecule has 2 amide bonds. The first kappa shape index (κ1) is 29.1. The first-order chi connectivity index (χ1) is 19.8.